The molecule has 1 aromatic heterocycles. The third kappa shape index (κ3) is 4.16. The van der Waals surface area contributed by atoms with E-state index in [4.69, 9.17) is 0 Å². The van der Waals surface area contributed by atoms with Crippen LogP contribution in [-0.4, -0.2) is 21.7 Å². The summed E-state index contributed by atoms with van der Waals surface area (Å²) in [5.74, 6) is -0.146. The first-order valence-electron chi connectivity index (χ1n) is 7.10. The second kappa shape index (κ2) is 6.54. The second-order valence-electron chi connectivity index (χ2n) is 5.48. The van der Waals surface area contributed by atoms with E-state index >= 15 is 0 Å². The Labute approximate surface area is 125 Å². The SMILES string of the molecule is Cc1cc(C(=O)Nc2cccc(CNC(C)C)c2)n(C)n1. The number of hydrogen-bond acceptors (Lipinski definition) is 3. The van der Waals surface area contributed by atoms with Crippen molar-refractivity contribution in [3.05, 3.63) is 47.3 Å². The zero-order valence-electron chi connectivity index (χ0n) is 13.0. The summed E-state index contributed by atoms with van der Waals surface area (Å²) in [6, 6.07) is 10.1. The molecule has 1 amide bonds. The molecular weight excluding hydrogens is 264 g/mol. The van der Waals surface area contributed by atoms with E-state index in [9.17, 15) is 4.79 Å². The molecule has 21 heavy (non-hydrogen) atoms. The Balaban J connectivity index is 2.07. The van der Waals surface area contributed by atoms with E-state index in [0.717, 1.165) is 23.5 Å². The van der Waals surface area contributed by atoms with Crippen LogP contribution in [0.15, 0.2) is 30.3 Å². The van der Waals surface area contributed by atoms with E-state index in [-0.39, 0.29) is 5.91 Å². The predicted octanol–water partition coefficient (Wildman–Crippen LogP) is 2.48. The first-order chi connectivity index (χ1) is 9.95. The molecule has 0 spiro atoms. The van der Waals surface area contributed by atoms with Crippen molar-refractivity contribution in [3.63, 3.8) is 0 Å². The minimum absolute atomic E-state index is 0.146. The van der Waals surface area contributed by atoms with Gasteiger partial charge in [0.05, 0.1) is 5.69 Å². The summed E-state index contributed by atoms with van der Waals surface area (Å²) in [7, 11) is 1.77. The van der Waals surface area contributed by atoms with Crippen LogP contribution in [0.4, 0.5) is 5.69 Å². The molecule has 0 aliphatic rings. The van der Waals surface area contributed by atoms with Gasteiger partial charge < -0.3 is 10.6 Å². The lowest BCUT2D eigenvalue weighted by atomic mass is 10.2. The Bertz CT molecular complexity index is 631. The topological polar surface area (TPSA) is 59.0 Å². The standard InChI is InChI=1S/C16H22N4O/c1-11(2)17-10-13-6-5-7-14(9-13)18-16(21)15-8-12(3)19-20(15)4/h5-9,11,17H,10H2,1-4H3,(H,18,21). The van der Waals surface area contributed by atoms with E-state index in [1.807, 2.05) is 31.2 Å². The van der Waals surface area contributed by atoms with Crippen LogP contribution in [0, 0.1) is 6.92 Å². The van der Waals surface area contributed by atoms with Gasteiger partial charge in [-0.1, -0.05) is 26.0 Å². The Kier molecular flexibility index (Phi) is 4.75. The van der Waals surface area contributed by atoms with Crippen molar-refractivity contribution in [1.82, 2.24) is 15.1 Å². The predicted molar refractivity (Wildman–Crippen MR) is 84.3 cm³/mol. The molecule has 1 aromatic carbocycles. The number of hydrogen-bond donors (Lipinski definition) is 2. The van der Waals surface area contributed by atoms with E-state index in [1.54, 1.807) is 17.8 Å². The van der Waals surface area contributed by atoms with E-state index < -0.39 is 0 Å². The summed E-state index contributed by atoms with van der Waals surface area (Å²) in [5.41, 5.74) is 3.32. The van der Waals surface area contributed by atoms with Gasteiger partial charge in [0.15, 0.2) is 0 Å². The highest BCUT2D eigenvalue weighted by Gasteiger charge is 2.12. The van der Waals surface area contributed by atoms with Crippen molar-refractivity contribution < 1.29 is 4.79 Å². The number of nitrogens with zero attached hydrogens (tertiary/aromatic N) is 2. The molecular formula is C16H22N4O. The number of nitrogens with one attached hydrogen (secondary N) is 2. The lowest BCUT2D eigenvalue weighted by Gasteiger charge is -2.10. The molecule has 5 nitrogen and oxygen atoms in total. The van der Waals surface area contributed by atoms with Gasteiger partial charge in [0, 0.05) is 25.3 Å². The molecule has 0 saturated carbocycles. The van der Waals surface area contributed by atoms with Crippen LogP contribution in [0.3, 0.4) is 0 Å². The van der Waals surface area contributed by atoms with Gasteiger partial charge in [-0.2, -0.15) is 5.10 Å². The summed E-state index contributed by atoms with van der Waals surface area (Å²) in [5, 5.41) is 10.5. The van der Waals surface area contributed by atoms with E-state index in [0.29, 0.717) is 11.7 Å². The van der Waals surface area contributed by atoms with Crippen LogP contribution >= 0.6 is 0 Å². The maximum atomic E-state index is 12.2. The third-order valence-corrected chi connectivity index (χ3v) is 3.13. The van der Waals surface area contributed by atoms with Gasteiger partial charge >= 0.3 is 0 Å². The lowest BCUT2D eigenvalue weighted by Crippen LogP contribution is -2.22. The summed E-state index contributed by atoms with van der Waals surface area (Å²) >= 11 is 0. The number of carbonyl (C=O) groups excluding carboxylic acids is 1. The Morgan fingerprint density at radius 1 is 1.33 bits per heavy atom. The fourth-order valence-corrected chi connectivity index (χ4v) is 2.10. The van der Waals surface area contributed by atoms with Gasteiger partial charge in [-0.3, -0.25) is 9.48 Å². The van der Waals surface area contributed by atoms with E-state index in [1.165, 1.54) is 0 Å². The first-order valence-corrected chi connectivity index (χ1v) is 7.10. The van der Waals surface area contributed by atoms with Gasteiger partial charge in [-0.05, 0) is 30.7 Å². The Morgan fingerprint density at radius 2 is 2.10 bits per heavy atom. The van der Waals surface area contributed by atoms with Crippen molar-refractivity contribution >= 4 is 11.6 Å². The van der Waals surface area contributed by atoms with Gasteiger partial charge in [-0.15, -0.1) is 0 Å². The summed E-state index contributed by atoms with van der Waals surface area (Å²) in [4.78, 5) is 12.2. The number of rotatable bonds is 5. The average Bonchev–Trinajstić information content (AvgIpc) is 2.76. The molecule has 2 aromatic rings. The molecule has 0 atom stereocenters. The highest BCUT2D eigenvalue weighted by Crippen LogP contribution is 2.13. The van der Waals surface area contributed by atoms with Gasteiger partial charge in [0.25, 0.3) is 5.91 Å². The number of carbonyl (C=O) groups is 1. The number of aromatic nitrogens is 2. The number of benzene rings is 1. The van der Waals surface area contributed by atoms with Gasteiger partial charge in [0.1, 0.15) is 5.69 Å². The normalized spacial score (nSPS) is 10.9. The number of aryl methyl sites for hydroxylation is 2. The maximum Gasteiger partial charge on any atom is 0.273 e. The minimum atomic E-state index is -0.146. The van der Waals surface area contributed by atoms with Crippen molar-refractivity contribution in [2.75, 3.05) is 5.32 Å². The molecule has 2 N–H and O–H groups in total. The molecule has 0 bridgehead atoms. The smallest absolute Gasteiger partial charge is 0.273 e. The van der Waals surface area contributed by atoms with Crippen LogP contribution < -0.4 is 10.6 Å². The third-order valence-electron chi connectivity index (χ3n) is 3.13. The fraction of sp³-hybridized carbons (Fsp3) is 0.375. The number of amides is 1. The Morgan fingerprint density at radius 3 is 2.71 bits per heavy atom. The van der Waals surface area contributed by atoms with Crippen LogP contribution in [0.5, 0.6) is 0 Å². The zero-order valence-corrected chi connectivity index (χ0v) is 13.0. The van der Waals surface area contributed by atoms with Gasteiger partial charge in [-0.25, -0.2) is 0 Å². The average molecular weight is 286 g/mol. The van der Waals surface area contributed by atoms with Crippen molar-refractivity contribution in [2.45, 2.75) is 33.4 Å². The Hall–Kier alpha value is -2.14. The molecule has 112 valence electrons. The largest absolute Gasteiger partial charge is 0.321 e. The molecule has 1 heterocycles. The van der Waals surface area contributed by atoms with Crippen LogP contribution in [0.25, 0.3) is 0 Å². The molecule has 0 aliphatic heterocycles. The monoisotopic (exact) mass is 286 g/mol. The lowest BCUT2D eigenvalue weighted by molar-refractivity contribution is 0.101. The summed E-state index contributed by atoms with van der Waals surface area (Å²) < 4.78 is 1.59. The quantitative estimate of drug-likeness (QED) is 0.887. The molecule has 0 saturated heterocycles. The molecule has 0 fully saturated rings. The molecule has 2 rings (SSSR count). The van der Waals surface area contributed by atoms with Crippen molar-refractivity contribution in [1.29, 1.82) is 0 Å². The minimum Gasteiger partial charge on any atom is -0.321 e. The molecule has 0 unspecified atom stereocenters. The van der Waals surface area contributed by atoms with Crippen molar-refractivity contribution in [3.8, 4) is 0 Å². The van der Waals surface area contributed by atoms with Gasteiger partial charge in [0.2, 0.25) is 0 Å². The first kappa shape index (κ1) is 15.3. The highest BCUT2D eigenvalue weighted by molar-refractivity contribution is 6.03. The van der Waals surface area contributed by atoms with Crippen LogP contribution in [0.2, 0.25) is 0 Å². The maximum absolute atomic E-state index is 12.2. The van der Waals surface area contributed by atoms with Crippen LogP contribution in [0.1, 0.15) is 35.6 Å². The second-order valence-corrected chi connectivity index (χ2v) is 5.48. The zero-order chi connectivity index (χ0) is 15.4. The number of anilines is 1. The fourth-order valence-electron chi connectivity index (χ4n) is 2.10. The van der Waals surface area contributed by atoms with Crippen LogP contribution in [-0.2, 0) is 13.6 Å². The molecule has 0 aliphatic carbocycles. The molecule has 0 radical (unpaired) electrons. The molecule has 5 heteroatoms. The van der Waals surface area contributed by atoms with Crippen molar-refractivity contribution in [2.24, 2.45) is 7.05 Å². The van der Waals surface area contributed by atoms with E-state index in [2.05, 4.69) is 29.6 Å². The summed E-state index contributed by atoms with van der Waals surface area (Å²) in [6.45, 7) is 6.87. The highest BCUT2D eigenvalue weighted by atomic mass is 16.2. The summed E-state index contributed by atoms with van der Waals surface area (Å²) in [6.07, 6.45) is 0.